The van der Waals surface area contributed by atoms with E-state index in [1.54, 1.807) is 4.90 Å². The molecule has 0 aromatic rings. The second-order valence-corrected chi connectivity index (χ2v) is 4.05. The second kappa shape index (κ2) is 3.01. The number of nitrogens with zero attached hydrogens (tertiary/aromatic N) is 1. The van der Waals surface area contributed by atoms with Crippen LogP contribution in [0.3, 0.4) is 0 Å². The van der Waals surface area contributed by atoms with E-state index in [9.17, 15) is 9.59 Å². The minimum Gasteiger partial charge on any atom is -0.315 e. The molecule has 72 valence electrons. The molecule has 13 heavy (non-hydrogen) atoms. The number of hydrogen-bond donors (Lipinski definition) is 1. The van der Waals surface area contributed by atoms with Gasteiger partial charge in [-0.15, -0.1) is 0 Å². The van der Waals surface area contributed by atoms with Gasteiger partial charge in [-0.3, -0.25) is 10.1 Å². The van der Waals surface area contributed by atoms with Crippen molar-refractivity contribution in [3.05, 3.63) is 0 Å². The number of carbonyl (C=O) groups excluding carboxylic acids is 2. The first kappa shape index (κ1) is 8.53. The summed E-state index contributed by atoms with van der Waals surface area (Å²) < 4.78 is 0. The third kappa shape index (κ3) is 1.82. The molecular formula is C9H14N2O2. The summed E-state index contributed by atoms with van der Waals surface area (Å²) in [6, 6.07) is -0.225. The average Bonchev–Trinajstić information content (AvgIpc) is 2.81. The lowest BCUT2D eigenvalue weighted by atomic mass is 10.1. The number of rotatable bonds is 3. The van der Waals surface area contributed by atoms with Crippen molar-refractivity contribution in [1.82, 2.24) is 10.2 Å². The Morgan fingerprint density at radius 2 is 2.23 bits per heavy atom. The SMILES string of the molecule is CC(CN1CC(=O)NC1=O)C1CC1. The first-order valence-corrected chi connectivity index (χ1v) is 4.75. The van der Waals surface area contributed by atoms with E-state index in [2.05, 4.69) is 12.2 Å². The number of carbonyl (C=O) groups is 2. The molecule has 0 spiro atoms. The van der Waals surface area contributed by atoms with Crippen LogP contribution in [0.4, 0.5) is 4.79 Å². The minimum atomic E-state index is -0.225. The Labute approximate surface area is 77.3 Å². The van der Waals surface area contributed by atoms with Crippen LogP contribution in [0.1, 0.15) is 19.8 Å². The predicted octanol–water partition coefficient (Wildman–Crippen LogP) is 0.584. The van der Waals surface area contributed by atoms with Crippen molar-refractivity contribution in [2.24, 2.45) is 11.8 Å². The zero-order valence-corrected chi connectivity index (χ0v) is 7.75. The highest BCUT2D eigenvalue weighted by atomic mass is 16.2. The Hall–Kier alpha value is -1.06. The lowest BCUT2D eigenvalue weighted by Crippen LogP contribution is -2.32. The fourth-order valence-corrected chi connectivity index (χ4v) is 1.79. The molecule has 0 radical (unpaired) electrons. The fraction of sp³-hybridized carbons (Fsp3) is 0.778. The van der Waals surface area contributed by atoms with Crippen LogP contribution < -0.4 is 5.32 Å². The molecule has 4 heteroatoms. The molecule has 1 heterocycles. The fourth-order valence-electron chi connectivity index (χ4n) is 1.79. The number of amides is 3. The number of nitrogens with one attached hydrogen (secondary N) is 1. The van der Waals surface area contributed by atoms with E-state index in [1.807, 2.05) is 0 Å². The van der Waals surface area contributed by atoms with Crippen LogP contribution in [0.5, 0.6) is 0 Å². The van der Waals surface area contributed by atoms with Gasteiger partial charge in [-0.2, -0.15) is 0 Å². The molecule has 1 unspecified atom stereocenters. The third-order valence-corrected chi connectivity index (χ3v) is 2.80. The Morgan fingerprint density at radius 3 is 2.69 bits per heavy atom. The molecule has 0 bridgehead atoms. The van der Waals surface area contributed by atoms with Gasteiger partial charge in [0, 0.05) is 6.54 Å². The zero-order valence-electron chi connectivity index (χ0n) is 7.75. The standard InChI is InChI=1S/C9H14N2O2/c1-6(7-2-3-7)4-11-5-8(12)10-9(11)13/h6-7H,2-5H2,1H3,(H,10,12,13). The Kier molecular flexibility index (Phi) is 1.98. The minimum absolute atomic E-state index is 0.173. The van der Waals surface area contributed by atoms with Crippen LogP contribution in [0.2, 0.25) is 0 Å². The maximum atomic E-state index is 11.2. The molecule has 1 atom stereocenters. The summed E-state index contributed by atoms with van der Waals surface area (Å²) in [5.41, 5.74) is 0. The van der Waals surface area contributed by atoms with Gasteiger partial charge in [0.1, 0.15) is 6.54 Å². The lowest BCUT2D eigenvalue weighted by molar-refractivity contribution is -0.118. The van der Waals surface area contributed by atoms with Gasteiger partial charge in [-0.25, -0.2) is 4.79 Å². The molecule has 1 aliphatic carbocycles. The summed E-state index contributed by atoms with van der Waals surface area (Å²) in [7, 11) is 0. The molecule has 1 aliphatic heterocycles. The second-order valence-electron chi connectivity index (χ2n) is 4.05. The van der Waals surface area contributed by atoms with Crippen molar-refractivity contribution in [3.8, 4) is 0 Å². The Morgan fingerprint density at radius 1 is 1.54 bits per heavy atom. The highest BCUT2D eigenvalue weighted by Crippen LogP contribution is 2.36. The van der Waals surface area contributed by atoms with Crippen molar-refractivity contribution >= 4 is 11.9 Å². The molecule has 2 aliphatic rings. The van der Waals surface area contributed by atoms with Crippen LogP contribution in [0, 0.1) is 11.8 Å². The van der Waals surface area contributed by atoms with Crippen molar-refractivity contribution in [2.45, 2.75) is 19.8 Å². The van der Waals surface area contributed by atoms with Gasteiger partial charge in [0.05, 0.1) is 0 Å². The van der Waals surface area contributed by atoms with Gasteiger partial charge in [-0.1, -0.05) is 6.92 Å². The third-order valence-electron chi connectivity index (χ3n) is 2.80. The van der Waals surface area contributed by atoms with E-state index in [-0.39, 0.29) is 18.5 Å². The maximum absolute atomic E-state index is 11.2. The van der Waals surface area contributed by atoms with Crippen LogP contribution in [-0.2, 0) is 4.79 Å². The first-order chi connectivity index (χ1) is 6.16. The first-order valence-electron chi connectivity index (χ1n) is 4.75. The lowest BCUT2D eigenvalue weighted by Gasteiger charge is -2.18. The van der Waals surface area contributed by atoms with E-state index in [1.165, 1.54) is 12.8 Å². The quantitative estimate of drug-likeness (QED) is 0.649. The highest BCUT2D eigenvalue weighted by Gasteiger charge is 2.33. The maximum Gasteiger partial charge on any atom is 0.324 e. The molecule has 1 N–H and O–H groups in total. The summed E-state index contributed by atoms with van der Waals surface area (Å²) >= 11 is 0. The van der Waals surface area contributed by atoms with Crippen LogP contribution in [-0.4, -0.2) is 29.9 Å². The average molecular weight is 182 g/mol. The zero-order chi connectivity index (χ0) is 9.42. The van der Waals surface area contributed by atoms with Crippen molar-refractivity contribution in [2.75, 3.05) is 13.1 Å². The van der Waals surface area contributed by atoms with E-state index < -0.39 is 0 Å². The summed E-state index contributed by atoms with van der Waals surface area (Å²) in [5, 5.41) is 2.28. The topological polar surface area (TPSA) is 49.4 Å². The van der Waals surface area contributed by atoms with Gasteiger partial charge in [-0.05, 0) is 24.7 Å². The van der Waals surface area contributed by atoms with Crippen molar-refractivity contribution in [1.29, 1.82) is 0 Å². The van der Waals surface area contributed by atoms with Gasteiger partial charge in [0.2, 0.25) is 5.91 Å². The van der Waals surface area contributed by atoms with Gasteiger partial charge >= 0.3 is 6.03 Å². The van der Waals surface area contributed by atoms with Crippen LogP contribution >= 0.6 is 0 Å². The van der Waals surface area contributed by atoms with E-state index >= 15 is 0 Å². The molecule has 1 saturated heterocycles. The molecule has 4 nitrogen and oxygen atoms in total. The van der Waals surface area contributed by atoms with Gasteiger partial charge in [0.25, 0.3) is 0 Å². The summed E-state index contributed by atoms with van der Waals surface area (Å²) in [6.07, 6.45) is 2.56. The Balaban J connectivity index is 1.86. The molecule has 0 aromatic carbocycles. The van der Waals surface area contributed by atoms with Gasteiger partial charge in [0.15, 0.2) is 0 Å². The monoisotopic (exact) mass is 182 g/mol. The predicted molar refractivity (Wildman–Crippen MR) is 47.0 cm³/mol. The van der Waals surface area contributed by atoms with Gasteiger partial charge < -0.3 is 4.90 Å². The van der Waals surface area contributed by atoms with E-state index in [0.717, 1.165) is 12.5 Å². The molecule has 0 aromatic heterocycles. The number of urea groups is 1. The molecule has 2 rings (SSSR count). The summed E-state index contributed by atoms with van der Waals surface area (Å²) in [4.78, 5) is 23.6. The smallest absolute Gasteiger partial charge is 0.315 e. The number of imide groups is 1. The highest BCUT2D eigenvalue weighted by molar-refractivity contribution is 6.01. The molecular weight excluding hydrogens is 168 g/mol. The normalized spacial score (nSPS) is 24.8. The van der Waals surface area contributed by atoms with Crippen molar-refractivity contribution in [3.63, 3.8) is 0 Å². The van der Waals surface area contributed by atoms with Crippen molar-refractivity contribution < 1.29 is 9.59 Å². The summed E-state index contributed by atoms with van der Waals surface area (Å²) in [6.45, 7) is 3.12. The summed E-state index contributed by atoms with van der Waals surface area (Å²) in [5.74, 6) is 1.15. The van der Waals surface area contributed by atoms with Crippen LogP contribution in [0.25, 0.3) is 0 Å². The molecule has 1 saturated carbocycles. The van der Waals surface area contributed by atoms with Crippen LogP contribution in [0.15, 0.2) is 0 Å². The molecule has 2 fully saturated rings. The van der Waals surface area contributed by atoms with E-state index in [0.29, 0.717) is 5.92 Å². The molecule has 3 amide bonds. The Bertz CT molecular complexity index is 248. The largest absolute Gasteiger partial charge is 0.324 e. The number of hydrogen-bond acceptors (Lipinski definition) is 2. The van der Waals surface area contributed by atoms with E-state index in [4.69, 9.17) is 0 Å².